The van der Waals surface area contributed by atoms with Crippen molar-refractivity contribution in [3.05, 3.63) is 18.5 Å². The van der Waals surface area contributed by atoms with Crippen molar-refractivity contribution in [3.63, 3.8) is 0 Å². The zero-order valence-corrected chi connectivity index (χ0v) is 14.7. The van der Waals surface area contributed by atoms with E-state index >= 15 is 0 Å². The number of aromatic nitrogens is 1. The number of hydrogen-bond donors (Lipinski definition) is 0. The number of nitrogens with zero attached hydrogens (tertiary/aromatic N) is 1. The van der Waals surface area contributed by atoms with E-state index in [4.69, 9.17) is 13.7 Å². The predicted octanol–water partition coefficient (Wildman–Crippen LogP) is 2.60. The fourth-order valence-corrected chi connectivity index (χ4v) is 2.46. The van der Waals surface area contributed by atoms with Crippen molar-refractivity contribution in [2.75, 3.05) is 0 Å². The van der Waals surface area contributed by atoms with E-state index in [-0.39, 0.29) is 18.3 Å². The predicted molar refractivity (Wildman–Crippen MR) is 84.6 cm³/mol. The molecular formula is C14H26BNO3Si. The van der Waals surface area contributed by atoms with Crippen LogP contribution in [0.1, 0.15) is 27.7 Å². The van der Waals surface area contributed by atoms with E-state index in [2.05, 4.69) is 47.3 Å². The topological polar surface area (TPSA) is 32.6 Å². The molecule has 0 spiro atoms. The van der Waals surface area contributed by atoms with Gasteiger partial charge in [-0.1, -0.05) is 0 Å². The van der Waals surface area contributed by atoms with E-state index in [0.29, 0.717) is 6.73 Å². The molecule has 0 atom stereocenters. The maximum atomic E-state index is 6.04. The molecule has 1 saturated heterocycles. The molecule has 0 aliphatic carbocycles. The highest BCUT2D eigenvalue weighted by Crippen LogP contribution is 2.36. The molecule has 1 aromatic rings. The van der Waals surface area contributed by atoms with Gasteiger partial charge in [0, 0.05) is 17.9 Å². The minimum absolute atomic E-state index is 0.297. The van der Waals surface area contributed by atoms with Crippen molar-refractivity contribution < 1.29 is 13.7 Å². The van der Waals surface area contributed by atoms with Crippen LogP contribution in [0.5, 0.6) is 0 Å². The Bertz CT molecular complexity index is 463. The summed E-state index contributed by atoms with van der Waals surface area (Å²) in [7, 11) is -1.79. The second kappa shape index (κ2) is 5.02. The van der Waals surface area contributed by atoms with Crippen molar-refractivity contribution >= 4 is 20.9 Å². The highest BCUT2D eigenvalue weighted by atomic mass is 28.4. The fraction of sp³-hybridized carbons (Fsp3) is 0.714. The van der Waals surface area contributed by atoms with Gasteiger partial charge in [-0.3, -0.25) is 0 Å². The molecule has 1 fully saturated rings. The Morgan fingerprint density at radius 1 is 1.15 bits per heavy atom. The van der Waals surface area contributed by atoms with Gasteiger partial charge in [-0.15, -0.1) is 0 Å². The summed E-state index contributed by atoms with van der Waals surface area (Å²) >= 11 is 0. The molecule has 6 heteroatoms. The van der Waals surface area contributed by atoms with Crippen molar-refractivity contribution in [3.8, 4) is 0 Å². The van der Waals surface area contributed by atoms with Gasteiger partial charge in [-0.2, -0.15) is 0 Å². The molecule has 0 aromatic carbocycles. The van der Waals surface area contributed by atoms with Gasteiger partial charge in [-0.05, 0) is 53.4 Å². The first-order chi connectivity index (χ1) is 9.00. The highest BCUT2D eigenvalue weighted by molar-refractivity contribution is 6.69. The molecule has 0 unspecified atom stereocenters. The lowest BCUT2D eigenvalue weighted by Crippen LogP contribution is -2.41. The van der Waals surface area contributed by atoms with E-state index in [1.54, 1.807) is 0 Å². The summed E-state index contributed by atoms with van der Waals surface area (Å²) in [6.45, 7) is 15.4. The Morgan fingerprint density at radius 3 is 2.20 bits per heavy atom. The van der Waals surface area contributed by atoms with Crippen molar-refractivity contribution in [2.24, 2.45) is 0 Å². The van der Waals surface area contributed by atoms with Gasteiger partial charge in [0.25, 0.3) is 0 Å². The molecule has 0 radical (unpaired) electrons. The van der Waals surface area contributed by atoms with Crippen LogP contribution >= 0.6 is 0 Å². The van der Waals surface area contributed by atoms with E-state index in [1.165, 1.54) is 0 Å². The minimum atomic E-state index is -1.49. The van der Waals surface area contributed by atoms with E-state index in [1.807, 2.05) is 23.0 Å². The number of rotatable bonds is 4. The van der Waals surface area contributed by atoms with Crippen LogP contribution in [0.2, 0.25) is 19.6 Å². The summed E-state index contributed by atoms with van der Waals surface area (Å²) in [5, 5.41) is 0. The molecule has 20 heavy (non-hydrogen) atoms. The first-order valence-electron chi connectivity index (χ1n) is 7.15. The Kier molecular flexibility index (Phi) is 3.97. The molecule has 2 rings (SSSR count). The molecule has 112 valence electrons. The summed E-state index contributed by atoms with van der Waals surface area (Å²) < 4.78 is 20.0. The summed E-state index contributed by atoms with van der Waals surface area (Å²) in [5.41, 5.74) is 0.450. The normalized spacial score (nSPS) is 21.4. The number of hydrogen-bond acceptors (Lipinski definition) is 3. The van der Waals surface area contributed by atoms with Crippen LogP contribution in [0.25, 0.3) is 0 Å². The van der Waals surface area contributed by atoms with Gasteiger partial charge in [-0.25, -0.2) is 0 Å². The molecule has 2 heterocycles. The highest BCUT2D eigenvalue weighted by Gasteiger charge is 2.51. The Morgan fingerprint density at radius 2 is 1.70 bits per heavy atom. The summed E-state index contributed by atoms with van der Waals surface area (Å²) in [6, 6.07) is 2.04. The third kappa shape index (κ3) is 3.36. The van der Waals surface area contributed by atoms with Crippen LogP contribution in [0.4, 0.5) is 0 Å². The monoisotopic (exact) mass is 295 g/mol. The van der Waals surface area contributed by atoms with Crippen molar-refractivity contribution in [1.29, 1.82) is 0 Å². The molecule has 0 saturated carbocycles. The zero-order valence-electron chi connectivity index (χ0n) is 13.7. The standard InChI is InChI=1S/C14H26BNO3Si/c1-13(2)14(3,4)19-15(18-13)12-8-9-16(10-12)11-17-20(5,6)7/h8-10H,11H2,1-7H3. The van der Waals surface area contributed by atoms with Crippen molar-refractivity contribution in [1.82, 2.24) is 4.57 Å². The van der Waals surface area contributed by atoms with Gasteiger partial charge in [0.1, 0.15) is 6.73 Å². The average Bonchev–Trinajstić information content (AvgIpc) is 2.79. The fourth-order valence-electron chi connectivity index (χ4n) is 1.93. The van der Waals surface area contributed by atoms with Gasteiger partial charge in [0.2, 0.25) is 0 Å². The smallest absolute Gasteiger partial charge is 0.400 e. The molecule has 1 aromatic heterocycles. The molecule has 1 aliphatic heterocycles. The van der Waals surface area contributed by atoms with Crippen LogP contribution < -0.4 is 5.46 Å². The largest absolute Gasteiger partial charge is 0.496 e. The Labute approximate surface area is 123 Å². The summed E-state index contributed by atoms with van der Waals surface area (Å²) in [4.78, 5) is 0. The van der Waals surface area contributed by atoms with Gasteiger partial charge >= 0.3 is 7.12 Å². The van der Waals surface area contributed by atoms with E-state index in [0.717, 1.165) is 5.46 Å². The third-order valence-corrected chi connectivity index (χ3v) is 4.94. The Balaban J connectivity index is 2.04. The lowest BCUT2D eigenvalue weighted by atomic mass is 9.81. The van der Waals surface area contributed by atoms with Crippen LogP contribution in [0, 0.1) is 0 Å². The lowest BCUT2D eigenvalue weighted by molar-refractivity contribution is 0.00578. The molecule has 4 nitrogen and oxygen atoms in total. The first-order valence-corrected chi connectivity index (χ1v) is 10.6. The maximum absolute atomic E-state index is 6.04. The second-order valence-electron chi connectivity index (χ2n) is 7.43. The maximum Gasteiger partial charge on any atom is 0.496 e. The average molecular weight is 295 g/mol. The molecule has 0 N–H and O–H groups in total. The van der Waals surface area contributed by atoms with Crippen LogP contribution in [0.3, 0.4) is 0 Å². The second-order valence-corrected chi connectivity index (χ2v) is 11.9. The first kappa shape index (κ1) is 15.8. The van der Waals surface area contributed by atoms with Crippen LogP contribution in [-0.4, -0.2) is 31.2 Å². The van der Waals surface area contributed by atoms with Gasteiger partial charge in [0.05, 0.1) is 11.2 Å². The molecular weight excluding hydrogens is 269 g/mol. The quantitative estimate of drug-likeness (QED) is 0.800. The molecule has 0 bridgehead atoms. The lowest BCUT2D eigenvalue weighted by Gasteiger charge is -2.32. The van der Waals surface area contributed by atoms with Crippen molar-refractivity contribution in [2.45, 2.75) is 65.3 Å². The van der Waals surface area contributed by atoms with E-state index < -0.39 is 8.32 Å². The van der Waals surface area contributed by atoms with Gasteiger partial charge < -0.3 is 18.3 Å². The SMILES string of the molecule is CC1(C)OB(c2ccn(CO[Si](C)(C)C)c2)OC1(C)C. The van der Waals surface area contributed by atoms with Crippen LogP contribution in [0.15, 0.2) is 18.5 Å². The minimum Gasteiger partial charge on any atom is -0.400 e. The summed E-state index contributed by atoms with van der Waals surface area (Å²) in [6.07, 6.45) is 4.06. The molecule has 1 aliphatic rings. The van der Waals surface area contributed by atoms with E-state index in [9.17, 15) is 0 Å². The van der Waals surface area contributed by atoms with Gasteiger partial charge in [0.15, 0.2) is 8.32 Å². The van der Waals surface area contributed by atoms with Crippen LogP contribution in [-0.2, 0) is 20.5 Å². The zero-order chi connectivity index (χ0) is 15.2. The third-order valence-electron chi connectivity index (χ3n) is 3.95. The Hall–Kier alpha value is -0.558. The molecule has 0 amide bonds. The summed E-state index contributed by atoms with van der Waals surface area (Å²) in [5.74, 6) is 0.